The van der Waals surface area contributed by atoms with Crippen LogP contribution in [-0.4, -0.2) is 19.4 Å². The normalized spacial score (nSPS) is 10.9. The summed E-state index contributed by atoms with van der Waals surface area (Å²) < 4.78 is 12.6. The van der Waals surface area contributed by atoms with Gasteiger partial charge in [-0.25, -0.2) is 10.2 Å². The van der Waals surface area contributed by atoms with Crippen LogP contribution in [0.15, 0.2) is 84.0 Å². The molecule has 0 saturated heterocycles. The predicted octanol–water partition coefficient (Wildman–Crippen LogP) is 6.50. The molecule has 34 heavy (non-hydrogen) atoms. The van der Waals surface area contributed by atoms with Crippen LogP contribution >= 0.6 is 22.6 Å². The highest BCUT2D eigenvalue weighted by Gasteiger charge is 2.12. The summed E-state index contributed by atoms with van der Waals surface area (Å²) in [5, 5.41) is 9.17. The van der Waals surface area contributed by atoms with Crippen molar-refractivity contribution in [2.75, 3.05) is 12.4 Å². The van der Waals surface area contributed by atoms with Crippen molar-refractivity contribution in [2.45, 2.75) is 13.5 Å². The molecule has 4 aromatic rings. The number of carbonyl (C=O) groups excluding carboxylic acids is 1. The number of amides is 2. The molecule has 2 amide bonds. The lowest BCUT2D eigenvalue weighted by molar-refractivity contribution is 0.252. The van der Waals surface area contributed by atoms with E-state index < -0.39 is 6.03 Å². The van der Waals surface area contributed by atoms with Gasteiger partial charge in [-0.15, -0.1) is 0 Å². The van der Waals surface area contributed by atoms with E-state index in [9.17, 15) is 4.79 Å². The van der Waals surface area contributed by atoms with E-state index in [1.54, 1.807) is 13.3 Å². The van der Waals surface area contributed by atoms with Gasteiger partial charge in [0.15, 0.2) is 11.5 Å². The number of benzene rings is 4. The molecule has 0 aliphatic heterocycles. The van der Waals surface area contributed by atoms with Crippen molar-refractivity contribution >= 4 is 51.3 Å². The average molecular weight is 565 g/mol. The highest BCUT2D eigenvalue weighted by Crippen LogP contribution is 2.34. The summed E-state index contributed by atoms with van der Waals surface area (Å²) in [6.07, 6.45) is 1.57. The Kier molecular flexibility index (Phi) is 7.64. The Hall–Kier alpha value is -3.59. The van der Waals surface area contributed by atoms with Crippen LogP contribution in [0.5, 0.6) is 11.5 Å². The van der Waals surface area contributed by atoms with Crippen LogP contribution < -0.4 is 20.2 Å². The van der Waals surface area contributed by atoms with E-state index in [1.165, 1.54) is 5.39 Å². The molecule has 0 heterocycles. The minimum atomic E-state index is -0.415. The molecule has 0 aliphatic rings. The Morgan fingerprint density at radius 2 is 1.79 bits per heavy atom. The van der Waals surface area contributed by atoms with E-state index in [2.05, 4.69) is 62.7 Å². The Balaban J connectivity index is 1.44. The number of anilines is 1. The van der Waals surface area contributed by atoms with E-state index in [4.69, 9.17) is 9.47 Å². The molecule has 4 aromatic carbocycles. The van der Waals surface area contributed by atoms with Gasteiger partial charge in [0.05, 0.1) is 16.9 Å². The van der Waals surface area contributed by atoms with Crippen LogP contribution in [-0.2, 0) is 6.61 Å². The maximum Gasteiger partial charge on any atom is 0.339 e. The van der Waals surface area contributed by atoms with E-state index >= 15 is 0 Å². The van der Waals surface area contributed by atoms with Gasteiger partial charge in [0.2, 0.25) is 0 Å². The molecule has 0 saturated carbocycles. The number of fused-ring (bicyclic) bond motifs is 1. The summed E-state index contributed by atoms with van der Waals surface area (Å²) in [4.78, 5) is 12.1. The lowest BCUT2D eigenvalue weighted by atomic mass is 10.1. The monoisotopic (exact) mass is 565 g/mol. The first kappa shape index (κ1) is 23.6. The zero-order valence-corrected chi connectivity index (χ0v) is 21.0. The number of hydrogen-bond acceptors (Lipinski definition) is 4. The van der Waals surface area contributed by atoms with Crippen molar-refractivity contribution in [3.63, 3.8) is 0 Å². The van der Waals surface area contributed by atoms with Gasteiger partial charge < -0.3 is 14.8 Å². The van der Waals surface area contributed by atoms with Gasteiger partial charge in [-0.05, 0) is 75.2 Å². The number of hydrazone groups is 1. The summed E-state index contributed by atoms with van der Waals surface area (Å²) in [5.41, 5.74) is 6.07. The molecular formula is C27H24IN3O3. The number of halogens is 1. The summed E-state index contributed by atoms with van der Waals surface area (Å²) in [6.45, 7) is 2.35. The van der Waals surface area contributed by atoms with Crippen molar-refractivity contribution in [2.24, 2.45) is 5.10 Å². The third kappa shape index (κ3) is 5.66. The van der Waals surface area contributed by atoms with E-state index in [-0.39, 0.29) is 0 Å². The number of nitrogens with one attached hydrogen (secondary N) is 2. The lowest BCUT2D eigenvalue weighted by Crippen LogP contribution is -2.24. The summed E-state index contributed by atoms with van der Waals surface area (Å²) in [5.74, 6) is 1.26. The number of ether oxygens (including phenoxy) is 2. The number of urea groups is 1. The van der Waals surface area contributed by atoms with Crippen LogP contribution in [0.2, 0.25) is 0 Å². The van der Waals surface area contributed by atoms with Crippen LogP contribution in [0.4, 0.5) is 10.5 Å². The fourth-order valence-electron chi connectivity index (χ4n) is 3.55. The molecule has 172 valence electrons. The van der Waals surface area contributed by atoms with Crippen LogP contribution in [0.1, 0.15) is 16.7 Å². The third-order valence-corrected chi connectivity index (χ3v) is 6.08. The number of carbonyl (C=O) groups is 1. The first-order valence-electron chi connectivity index (χ1n) is 10.7. The van der Waals surface area contributed by atoms with Crippen molar-refractivity contribution in [3.8, 4) is 11.5 Å². The summed E-state index contributed by atoms with van der Waals surface area (Å²) >= 11 is 2.21. The Labute approximate surface area is 212 Å². The average Bonchev–Trinajstić information content (AvgIpc) is 2.84. The second-order valence-corrected chi connectivity index (χ2v) is 8.76. The van der Waals surface area contributed by atoms with E-state index in [0.717, 1.165) is 31.3 Å². The molecule has 0 aliphatic carbocycles. The first-order chi connectivity index (χ1) is 16.5. The number of para-hydroxylation sites is 1. The molecule has 2 N–H and O–H groups in total. The summed E-state index contributed by atoms with van der Waals surface area (Å²) in [7, 11) is 1.60. The minimum absolute atomic E-state index is 0.415. The van der Waals surface area contributed by atoms with Crippen LogP contribution in [0.3, 0.4) is 0 Å². The fourth-order valence-corrected chi connectivity index (χ4v) is 4.33. The first-order valence-corrected chi connectivity index (χ1v) is 11.8. The summed E-state index contributed by atoms with van der Waals surface area (Å²) in [6, 6.07) is 25.3. The molecule has 0 aromatic heterocycles. The maximum absolute atomic E-state index is 12.1. The van der Waals surface area contributed by atoms with Gasteiger partial charge in [0, 0.05) is 5.69 Å². The molecule has 0 spiro atoms. The maximum atomic E-state index is 12.1. The smallest absolute Gasteiger partial charge is 0.339 e. The zero-order valence-electron chi connectivity index (χ0n) is 18.8. The van der Waals surface area contributed by atoms with Gasteiger partial charge in [0.25, 0.3) is 0 Å². The largest absolute Gasteiger partial charge is 0.493 e. The third-order valence-electron chi connectivity index (χ3n) is 5.28. The Morgan fingerprint density at radius 1 is 1.03 bits per heavy atom. The molecular weight excluding hydrogens is 541 g/mol. The Morgan fingerprint density at radius 3 is 2.62 bits per heavy atom. The highest BCUT2D eigenvalue weighted by molar-refractivity contribution is 14.1. The topological polar surface area (TPSA) is 72.0 Å². The van der Waals surface area contributed by atoms with Crippen molar-refractivity contribution in [3.05, 3.63) is 99.1 Å². The second-order valence-electron chi connectivity index (χ2n) is 7.60. The van der Waals surface area contributed by atoms with Gasteiger partial charge in [0.1, 0.15) is 6.61 Å². The van der Waals surface area contributed by atoms with Gasteiger partial charge in [-0.2, -0.15) is 5.10 Å². The predicted molar refractivity (Wildman–Crippen MR) is 145 cm³/mol. The molecule has 4 rings (SSSR count). The van der Waals surface area contributed by atoms with Crippen LogP contribution in [0, 0.1) is 10.5 Å². The number of rotatable bonds is 7. The van der Waals surface area contributed by atoms with Gasteiger partial charge >= 0.3 is 6.03 Å². The Bertz CT molecular complexity index is 1350. The van der Waals surface area contributed by atoms with Crippen molar-refractivity contribution in [1.82, 2.24) is 5.43 Å². The lowest BCUT2D eigenvalue weighted by Gasteiger charge is -2.14. The van der Waals surface area contributed by atoms with Crippen molar-refractivity contribution in [1.29, 1.82) is 0 Å². The highest BCUT2D eigenvalue weighted by atomic mass is 127. The number of nitrogens with zero attached hydrogens (tertiary/aromatic N) is 1. The molecule has 0 fully saturated rings. The zero-order chi connectivity index (χ0) is 23.9. The molecule has 0 bridgehead atoms. The minimum Gasteiger partial charge on any atom is -0.493 e. The fraction of sp³-hybridized carbons (Fsp3) is 0.111. The SMILES string of the molecule is COc1cc(C=NNC(=O)Nc2ccccc2C)cc(I)c1OCc1cccc2ccccc12. The van der Waals surface area contributed by atoms with Crippen LogP contribution in [0.25, 0.3) is 10.8 Å². The second kappa shape index (κ2) is 11.0. The molecule has 6 nitrogen and oxygen atoms in total. The quantitative estimate of drug-likeness (QED) is 0.153. The number of hydrogen-bond donors (Lipinski definition) is 2. The molecule has 0 unspecified atom stereocenters. The van der Waals surface area contributed by atoms with E-state index in [0.29, 0.717) is 18.1 Å². The number of methoxy groups -OCH3 is 1. The van der Waals surface area contributed by atoms with Crippen molar-refractivity contribution < 1.29 is 14.3 Å². The standard InChI is InChI=1S/C27H24IN3O3/c1-18-8-3-6-13-24(18)30-27(32)31-29-16-19-14-23(28)26(25(15-19)33-2)34-17-21-11-7-10-20-9-4-5-12-22(20)21/h3-16H,17H2,1-2H3,(H2,30,31,32). The number of aryl methyl sites for hydroxylation is 1. The van der Waals surface area contributed by atoms with Gasteiger partial charge in [-0.1, -0.05) is 60.7 Å². The van der Waals surface area contributed by atoms with E-state index in [1.807, 2.05) is 61.5 Å². The molecule has 7 heteroatoms. The molecule has 0 atom stereocenters. The molecule has 0 radical (unpaired) electrons. The van der Waals surface area contributed by atoms with Gasteiger partial charge in [-0.3, -0.25) is 0 Å².